The second kappa shape index (κ2) is 5.65. The Morgan fingerprint density at radius 2 is 2.00 bits per heavy atom. The van der Waals surface area contributed by atoms with E-state index in [9.17, 15) is 0 Å². The molecule has 100 valence electrons. The van der Waals surface area contributed by atoms with Crippen LogP contribution in [0.15, 0.2) is 12.3 Å². The lowest BCUT2D eigenvalue weighted by atomic mass is 10.3. The average Bonchev–Trinajstić information content (AvgIpc) is 3.12. The molecule has 0 saturated heterocycles. The van der Waals surface area contributed by atoms with E-state index in [-0.39, 0.29) is 0 Å². The van der Waals surface area contributed by atoms with E-state index >= 15 is 0 Å². The minimum atomic E-state index is 0.465. The van der Waals surface area contributed by atoms with Crippen LogP contribution in [-0.4, -0.2) is 48.1 Å². The molecule has 1 heterocycles. The summed E-state index contributed by atoms with van der Waals surface area (Å²) in [5.41, 5.74) is 0. The van der Waals surface area contributed by atoms with Gasteiger partial charge in [-0.1, -0.05) is 0 Å². The van der Waals surface area contributed by atoms with E-state index in [0.29, 0.717) is 12.0 Å². The minimum Gasteiger partial charge on any atom is -0.353 e. The summed E-state index contributed by atoms with van der Waals surface area (Å²) in [5, 5.41) is 0. The Balaban J connectivity index is 2.11. The molecule has 0 radical (unpaired) electrons. The van der Waals surface area contributed by atoms with E-state index in [1.165, 1.54) is 12.8 Å². The number of anilines is 1. The normalized spacial score (nSPS) is 15.4. The first kappa shape index (κ1) is 13.3. The average molecular weight is 248 g/mol. The van der Waals surface area contributed by atoms with Crippen molar-refractivity contribution in [3.05, 3.63) is 18.1 Å². The van der Waals surface area contributed by atoms with Gasteiger partial charge in [0.05, 0.1) is 0 Å². The number of rotatable bonds is 6. The second-order valence-electron chi connectivity index (χ2n) is 5.64. The van der Waals surface area contributed by atoms with Gasteiger partial charge in [-0.05, 0) is 46.9 Å². The number of likely N-dealkylation sites (N-methyl/N-ethyl adjacent to an activating group) is 1. The van der Waals surface area contributed by atoms with Crippen molar-refractivity contribution in [3.8, 4) is 0 Å². The van der Waals surface area contributed by atoms with Gasteiger partial charge in [0, 0.05) is 31.2 Å². The number of hydrogen-bond acceptors (Lipinski definition) is 4. The fourth-order valence-corrected chi connectivity index (χ4v) is 2.01. The molecule has 1 aliphatic rings. The third kappa shape index (κ3) is 3.42. The van der Waals surface area contributed by atoms with Crippen LogP contribution in [0.25, 0.3) is 0 Å². The number of hydrogen-bond donors (Lipinski definition) is 0. The van der Waals surface area contributed by atoms with Crippen molar-refractivity contribution in [2.24, 2.45) is 0 Å². The highest BCUT2D eigenvalue weighted by Crippen LogP contribution is 2.38. The van der Waals surface area contributed by atoms with E-state index < -0.39 is 0 Å². The Hall–Kier alpha value is -1.16. The third-order valence-corrected chi connectivity index (χ3v) is 3.31. The van der Waals surface area contributed by atoms with Gasteiger partial charge in [-0.3, -0.25) is 0 Å². The van der Waals surface area contributed by atoms with Crippen molar-refractivity contribution in [1.29, 1.82) is 0 Å². The maximum absolute atomic E-state index is 4.73. The van der Waals surface area contributed by atoms with E-state index in [0.717, 1.165) is 24.7 Å². The van der Waals surface area contributed by atoms with Crippen molar-refractivity contribution in [1.82, 2.24) is 14.9 Å². The molecule has 0 atom stereocenters. The summed E-state index contributed by atoms with van der Waals surface area (Å²) in [5.74, 6) is 2.72. The maximum atomic E-state index is 4.73. The molecule has 1 fully saturated rings. The molecule has 0 unspecified atom stereocenters. The first-order valence-corrected chi connectivity index (χ1v) is 6.82. The molecular formula is C14H24N4. The van der Waals surface area contributed by atoms with Gasteiger partial charge < -0.3 is 9.80 Å². The quantitative estimate of drug-likeness (QED) is 0.772. The fourth-order valence-electron chi connectivity index (χ4n) is 2.01. The Bertz CT molecular complexity index is 385. The second-order valence-corrected chi connectivity index (χ2v) is 5.64. The van der Waals surface area contributed by atoms with Crippen LogP contribution in [-0.2, 0) is 0 Å². The highest BCUT2D eigenvalue weighted by Gasteiger charge is 2.27. The molecule has 4 nitrogen and oxygen atoms in total. The predicted octanol–water partition coefficient (Wildman–Crippen LogP) is 2.13. The molecule has 1 saturated carbocycles. The zero-order valence-corrected chi connectivity index (χ0v) is 11.9. The van der Waals surface area contributed by atoms with Crippen LogP contribution in [0.4, 0.5) is 5.82 Å². The van der Waals surface area contributed by atoms with E-state index in [4.69, 9.17) is 4.98 Å². The summed E-state index contributed by atoms with van der Waals surface area (Å²) in [6, 6.07) is 2.49. The molecule has 0 aromatic carbocycles. The molecule has 0 N–H and O–H groups in total. The van der Waals surface area contributed by atoms with E-state index in [2.05, 4.69) is 42.7 Å². The Morgan fingerprint density at radius 3 is 2.56 bits per heavy atom. The molecule has 1 aromatic heterocycles. The highest BCUT2D eigenvalue weighted by atomic mass is 15.2. The SMILES string of the molecule is CC(C)N(CCN(C)C)c1ccnc(C2CC2)n1. The van der Waals surface area contributed by atoms with Gasteiger partial charge in [-0.15, -0.1) is 0 Å². The smallest absolute Gasteiger partial charge is 0.133 e. The standard InChI is InChI=1S/C14H24N4/c1-11(2)18(10-9-17(3)4)13-7-8-15-14(16-13)12-5-6-12/h7-8,11-12H,5-6,9-10H2,1-4H3. The lowest BCUT2D eigenvalue weighted by molar-refractivity contribution is 0.407. The molecule has 1 aromatic rings. The van der Waals surface area contributed by atoms with Crippen LogP contribution < -0.4 is 4.90 Å². The largest absolute Gasteiger partial charge is 0.353 e. The molecule has 0 bridgehead atoms. The molecule has 4 heteroatoms. The third-order valence-electron chi connectivity index (χ3n) is 3.31. The summed E-state index contributed by atoms with van der Waals surface area (Å²) in [4.78, 5) is 13.7. The van der Waals surface area contributed by atoms with Gasteiger partial charge in [0.2, 0.25) is 0 Å². The Morgan fingerprint density at radius 1 is 1.28 bits per heavy atom. The van der Waals surface area contributed by atoms with Crippen LogP contribution in [0, 0.1) is 0 Å². The van der Waals surface area contributed by atoms with Crippen LogP contribution >= 0.6 is 0 Å². The van der Waals surface area contributed by atoms with Gasteiger partial charge in [0.15, 0.2) is 0 Å². The topological polar surface area (TPSA) is 32.3 Å². The molecule has 1 aliphatic carbocycles. The predicted molar refractivity (Wildman–Crippen MR) is 75.0 cm³/mol. The van der Waals surface area contributed by atoms with Crippen molar-refractivity contribution >= 4 is 5.82 Å². The molecule has 18 heavy (non-hydrogen) atoms. The lowest BCUT2D eigenvalue weighted by Crippen LogP contribution is -2.37. The monoisotopic (exact) mass is 248 g/mol. The first-order chi connectivity index (χ1) is 8.58. The summed E-state index contributed by atoms with van der Waals surface area (Å²) >= 11 is 0. The van der Waals surface area contributed by atoms with Crippen molar-refractivity contribution < 1.29 is 0 Å². The zero-order valence-electron chi connectivity index (χ0n) is 11.9. The lowest BCUT2D eigenvalue weighted by Gasteiger charge is -2.29. The maximum Gasteiger partial charge on any atom is 0.133 e. The Kier molecular flexibility index (Phi) is 4.17. The Labute approximate surface area is 110 Å². The molecule has 2 rings (SSSR count). The van der Waals surface area contributed by atoms with Gasteiger partial charge >= 0.3 is 0 Å². The number of nitrogens with zero attached hydrogens (tertiary/aromatic N) is 4. The summed E-state index contributed by atoms with van der Waals surface area (Å²) in [6.45, 7) is 6.48. The van der Waals surface area contributed by atoms with Crippen LogP contribution in [0.1, 0.15) is 38.4 Å². The van der Waals surface area contributed by atoms with Gasteiger partial charge in [0.1, 0.15) is 11.6 Å². The zero-order chi connectivity index (χ0) is 13.1. The van der Waals surface area contributed by atoms with E-state index in [1.54, 1.807) is 0 Å². The van der Waals surface area contributed by atoms with Crippen LogP contribution in [0.3, 0.4) is 0 Å². The molecule has 0 aliphatic heterocycles. The molecule has 0 spiro atoms. The number of aromatic nitrogens is 2. The van der Waals surface area contributed by atoms with Crippen molar-refractivity contribution in [2.45, 2.75) is 38.6 Å². The summed E-state index contributed by atoms with van der Waals surface area (Å²) in [6.07, 6.45) is 4.41. The van der Waals surface area contributed by atoms with Crippen molar-refractivity contribution in [3.63, 3.8) is 0 Å². The van der Waals surface area contributed by atoms with Gasteiger partial charge in [-0.2, -0.15) is 0 Å². The van der Waals surface area contributed by atoms with Gasteiger partial charge in [-0.25, -0.2) is 9.97 Å². The highest BCUT2D eigenvalue weighted by molar-refractivity contribution is 5.39. The first-order valence-electron chi connectivity index (χ1n) is 6.82. The van der Waals surface area contributed by atoms with Crippen LogP contribution in [0.2, 0.25) is 0 Å². The fraction of sp³-hybridized carbons (Fsp3) is 0.714. The summed E-state index contributed by atoms with van der Waals surface area (Å²) in [7, 11) is 4.21. The minimum absolute atomic E-state index is 0.465. The van der Waals surface area contributed by atoms with Crippen LogP contribution in [0.5, 0.6) is 0 Å². The van der Waals surface area contributed by atoms with Gasteiger partial charge in [0.25, 0.3) is 0 Å². The molecule has 0 amide bonds. The molecular weight excluding hydrogens is 224 g/mol. The van der Waals surface area contributed by atoms with E-state index in [1.807, 2.05) is 12.3 Å². The summed E-state index contributed by atoms with van der Waals surface area (Å²) < 4.78 is 0. The van der Waals surface area contributed by atoms with Crippen molar-refractivity contribution in [2.75, 3.05) is 32.1 Å².